The van der Waals surface area contributed by atoms with Crippen LogP contribution in [0.4, 0.5) is 0 Å². The lowest BCUT2D eigenvalue weighted by atomic mass is 9.98. The Balaban J connectivity index is 1.70. The first-order chi connectivity index (χ1) is 20.9. The summed E-state index contributed by atoms with van der Waals surface area (Å²) in [5.74, 6) is 1.19. The van der Waals surface area contributed by atoms with Crippen LogP contribution in [0.25, 0.3) is 11.1 Å². The van der Waals surface area contributed by atoms with Crippen molar-refractivity contribution in [3.05, 3.63) is 101 Å². The molecular formula is C33H37NO8S2. The van der Waals surface area contributed by atoms with Gasteiger partial charge in [0.05, 0.1) is 34.9 Å². The number of hydrogen-bond donors (Lipinski definition) is 0. The highest BCUT2D eigenvalue weighted by Crippen LogP contribution is 2.38. The van der Waals surface area contributed by atoms with E-state index in [0.717, 1.165) is 29.5 Å². The van der Waals surface area contributed by atoms with E-state index in [9.17, 15) is 16.8 Å². The predicted molar refractivity (Wildman–Crippen MR) is 168 cm³/mol. The Morgan fingerprint density at radius 2 is 1.20 bits per heavy atom. The van der Waals surface area contributed by atoms with E-state index in [-0.39, 0.29) is 34.4 Å². The van der Waals surface area contributed by atoms with Crippen LogP contribution in [-0.4, -0.2) is 35.5 Å². The average molecular weight is 640 g/mol. The summed E-state index contributed by atoms with van der Waals surface area (Å²) in [5, 5.41) is 0. The largest absolute Gasteiger partial charge is 0.496 e. The van der Waals surface area contributed by atoms with Gasteiger partial charge in [0.25, 0.3) is 20.2 Å². The first kappa shape index (κ1) is 33.1. The van der Waals surface area contributed by atoms with Crippen LogP contribution in [0.15, 0.2) is 82.6 Å². The predicted octanol–water partition coefficient (Wildman–Crippen LogP) is 6.67. The van der Waals surface area contributed by atoms with Gasteiger partial charge in [-0.15, -0.1) is 0 Å². The number of pyridine rings is 1. The SMILES string of the molecule is CCCCOc1cc(C)c(-c2cc(COS(=O)(=O)c3ccc(C)cc3)nc(COS(=O)(=O)c3ccc(C)cc3)c2)c(OC)c1. The van der Waals surface area contributed by atoms with Gasteiger partial charge in [0.2, 0.25) is 0 Å². The third-order valence-electron chi connectivity index (χ3n) is 6.82. The van der Waals surface area contributed by atoms with E-state index in [1.807, 2.05) is 26.8 Å². The molecule has 9 nitrogen and oxygen atoms in total. The molecule has 4 aromatic rings. The van der Waals surface area contributed by atoms with Crippen molar-refractivity contribution in [3.63, 3.8) is 0 Å². The first-order valence-electron chi connectivity index (χ1n) is 14.2. The van der Waals surface area contributed by atoms with Gasteiger partial charge in [-0.3, -0.25) is 13.4 Å². The molecule has 0 aliphatic rings. The van der Waals surface area contributed by atoms with Crippen LogP contribution in [0.5, 0.6) is 11.5 Å². The number of benzene rings is 3. The fourth-order valence-corrected chi connectivity index (χ4v) is 6.20. The number of unbranched alkanes of at least 4 members (excludes halogenated alkanes) is 1. The number of nitrogens with zero attached hydrogens (tertiary/aromatic N) is 1. The molecular weight excluding hydrogens is 602 g/mol. The molecule has 0 aliphatic heterocycles. The number of rotatable bonds is 14. The second kappa shape index (κ2) is 14.3. The normalized spacial score (nSPS) is 11.8. The molecule has 0 N–H and O–H groups in total. The maximum atomic E-state index is 12.9. The molecule has 0 atom stereocenters. The molecule has 0 aliphatic carbocycles. The highest BCUT2D eigenvalue weighted by Gasteiger charge is 2.20. The molecule has 11 heteroatoms. The molecule has 0 saturated carbocycles. The van der Waals surface area contributed by atoms with Crippen molar-refractivity contribution < 1.29 is 34.7 Å². The molecule has 0 bridgehead atoms. The zero-order valence-electron chi connectivity index (χ0n) is 25.5. The van der Waals surface area contributed by atoms with Crippen LogP contribution in [0.3, 0.4) is 0 Å². The van der Waals surface area contributed by atoms with E-state index in [1.54, 1.807) is 49.6 Å². The lowest BCUT2D eigenvalue weighted by molar-refractivity contribution is 0.294. The molecule has 0 unspecified atom stereocenters. The number of aryl methyl sites for hydroxylation is 3. The zero-order chi connectivity index (χ0) is 31.9. The van der Waals surface area contributed by atoms with Gasteiger partial charge in [-0.05, 0) is 80.8 Å². The number of aromatic nitrogens is 1. The van der Waals surface area contributed by atoms with Crippen LogP contribution in [0.1, 0.15) is 47.8 Å². The Morgan fingerprint density at radius 3 is 1.66 bits per heavy atom. The molecule has 0 spiro atoms. The standard InChI is InChI=1S/C33H37NO8S2/c1-6-7-16-40-29-17-25(4)33(32(20-29)39-5)26-18-27(21-41-43(35,36)30-12-8-23(2)9-13-30)34-28(19-26)22-42-44(37,38)31-14-10-24(3)11-15-31/h8-15,17-20H,6-7,16,21-22H2,1-5H3. The topological polar surface area (TPSA) is 118 Å². The molecule has 3 aromatic carbocycles. The fraction of sp³-hybridized carbons (Fsp3) is 0.303. The monoisotopic (exact) mass is 639 g/mol. The van der Waals surface area contributed by atoms with Gasteiger partial charge in [-0.1, -0.05) is 48.7 Å². The lowest BCUT2D eigenvalue weighted by Crippen LogP contribution is -2.10. The quantitative estimate of drug-likeness (QED) is 0.110. The van der Waals surface area contributed by atoms with Crippen LogP contribution in [0.2, 0.25) is 0 Å². The maximum Gasteiger partial charge on any atom is 0.297 e. The summed E-state index contributed by atoms with van der Waals surface area (Å²) in [6, 6.07) is 19.7. The van der Waals surface area contributed by atoms with Gasteiger partial charge in [0.1, 0.15) is 24.7 Å². The highest BCUT2D eigenvalue weighted by atomic mass is 32.2. The fourth-order valence-electron chi connectivity index (χ4n) is 4.44. The molecule has 0 amide bonds. The summed E-state index contributed by atoms with van der Waals surface area (Å²) in [6.07, 6.45) is 1.91. The summed E-state index contributed by atoms with van der Waals surface area (Å²) in [4.78, 5) is 4.52. The summed E-state index contributed by atoms with van der Waals surface area (Å²) in [7, 11) is -6.63. The number of methoxy groups -OCH3 is 1. The van der Waals surface area contributed by atoms with Crippen molar-refractivity contribution in [2.75, 3.05) is 13.7 Å². The molecule has 234 valence electrons. The van der Waals surface area contributed by atoms with E-state index in [4.69, 9.17) is 17.8 Å². The van der Waals surface area contributed by atoms with Gasteiger partial charge in [-0.2, -0.15) is 16.8 Å². The lowest BCUT2D eigenvalue weighted by Gasteiger charge is -2.17. The van der Waals surface area contributed by atoms with Gasteiger partial charge in [0, 0.05) is 11.6 Å². The maximum absolute atomic E-state index is 12.9. The van der Waals surface area contributed by atoms with Gasteiger partial charge >= 0.3 is 0 Å². The minimum atomic E-state index is -4.09. The summed E-state index contributed by atoms with van der Waals surface area (Å²) in [5.41, 5.74) is 4.50. The van der Waals surface area contributed by atoms with Crippen LogP contribution in [-0.2, 0) is 41.8 Å². The highest BCUT2D eigenvalue weighted by molar-refractivity contribution is 7.87. The van der Waals surface area contributed by atoms with Crippen molar-refractivity contribution in [1.29, 1.82) is 0 Å². The van der Waals surface area contributed by atoms with E-state index >= 15 is 0 Å². The van der Waals surface area contributed by atoms with Crippen molar-refractivity contribution in [2.45, 2.75) is 63.5 Å². The Kier molecular flexibility index (Phi) is 10.8. The first-order valence-corrected chi connectivity index (χ1v) is 17.0. The van der Waals surface area contributed by atoms with Gasteiger partial charge in [-0.25, -0.2) is 0 Å². The van der Waals surface area contributed by atoms with E-state index in [0.29, 0.717) is 29.2 Å². The average Bonchev–Trinajstić information content (AvgIpc) is 2.99. The molecule has 1 heterocycles. The van der Waals surface area contributed by atoms with Crippen molar-refractivity contribution >= 4 is 20.2 Å². The Morgan fingerprint density at radius 1 is 0.705 bits per heavy atom. The Bertz CT molecular complexity index is 1700. The van der Waals surface area contributed by atoms with E-state index < -0.39 is 20.2 Å². The van der Waals surface area contributed by atoms with Gasteiger partial charge < -0.3 is 9.47 Å². The molecule has 0 fully saturated rings. The van der Waals surface area contributed by atoms with E-state index in [1.165, 1.54) is 24.3 Å². The molecule has 0 radical (unpaired) electrons. The minimum absolute atomic E-state index is 0.0168. The summed E-state index contributed by atoms with van der Waals surface area (Å²) < 4.78 is 74.0. The summed E-state index contributed by atoms with van der Waals surface area (Å²) >= 11 is 0. The van der Waals surface area contributed by atoms with E-state index in [2.05, 4.69) is 11.9 Å². The Hall–Kier alpha value is -3.77. The molecule has 4 rings (SSSR count). The number of hydrogen-bond acceptors (Lipinski definition) is 9. The zero-order valence-corrected chi connectivity index (χ0v) is 27.1. The molecule has 0 saturated heterocycles. The molecule has 44 heavy (non-hydrogen) atoms. The third kappa shape index (κ3) is 8.44. The summed E-state index contributed by atoms with van der Waals surface area (Å²) in [6.45, 7) is 7.50. The second-order valence-corrected chi connectivity index (χ2v) is 13.6. The molecule has 1 aromatic heterocycles. The second-order valence-electron chi connectivity index (χ2n) is 10.4. The van der Waals surface area contributed by atoms with Crippen LogP contribution in [0, 0.1) is 20.8 Å². The van der Waals surface area contributed by atoms with Crippen molar-refractivity contribution in [1.82, 2.24) is 4.98 Å². The van der Waals surface area contributed by atoms with Crippen LogP contribution < -0.4 is 9.47 Å². The third-order valence-corrected chi connectivity index (χ3v) is 9.38. The van der Waals surface area contributed by atoms with Crippen LogP contribution >= 0.6 is 0 Å². The van der Waals surface area contributed by atoms with Gasteiger partial charge in [0.15, 0.2) is 0 Å². The van der Waals surface area contributed by atoms with Crippen molar-refractivity contribution in [2.24, 2.45) is 0 Å². The number of ether oxygens (including phenoxy) is 2. The Labute approximate surface area is 260 Å². The minimum Gasteiger partial charge on any atom is -0.496 e. The van der Waals surface area contributed by atoms with Crippen molar-refractivity contribution in [3.8, 4) is 22.6 Å². The smallest absolute Gasteiger partial charge is 0.297 e.